The van der Waals surface area contributed by atoms with Crippen molar-refractivity contribution in [2.45, 2.75) is 63.6 Å². The van der Waals surface area contributed by atoms with Gasteiger partial charge in [0.2, 0.25) is 0 Å². The Bertz CT molecular complexity index is 789. The summed E-state index contributed by atoms with van der Waals surface area (Å²) in [7, 11) is 1.73. The molecule has 1 saturated heterocycles. The standard InChI is InChI=1S/C26H36N2O2/c1-3-24(28-16-15-27-22(19-28)17-20-9-5-4-6-10-20)21-13-14-25(29-2)26(18-21)30-23-11-7-8-12-23/h4-6,9-10,13-14,18,22-24,27H,3,7-8,11-12,15-17,19H2,1-2H3/t22-,24?/m0/s1. The van der Waals surface area contributed by atoms with Crippen LogP contribution in [0.1, 0.15) is 56.2 Å². The first-order chi connectivity index (χ1) is 14.8. The lowest BCUT2D eigenvalue weighted by Crippen LogP contribution is -2.52. The van der Waals surface area contributed by atoms with Crippen molar-refractivity contribution in [3.63, 3.8) is 0 Å². The van der Waals surface area contributed by atoms with Crippen LogP contribution in [0.3, 0.4) is 0 Å². The van der Waals surface area contributed by atoms with Crippen LogP contribution in [0.2, 0.25) is 0 Å². The van der Waals surface area contributed by atoms with E-state index in [4.69, 9.17) is 9.47 Å². The van der Waals surface area contributed by atoms with Crippen molar-refractivity contribution in [3.8, 4) is 11.5 Å². The fourth-order valence-electron chi connectivity index (χ4n) is 5.05. The van der Waals surface area contributed by atoms with E-state index in [1.54, 1.807) is 7.11 Å². The molecule has 2 fully saturated rings. The van der Waals surface area contributed by atoms with Gasteiger partial charge in [0.05, 0.1) is 13.2 Å². The number of piperazine rings is 1. The number of nitrogens with one attached hydrogen (secondary N) is 1. The molecule has 1 heterocycles. The van der Waals surface area contributed by atoms with Crippen LogP contribution in [0.4, 0.5) is 0 Å². The van der Waals surface area contributed by atoms with Gasteiger partial charge in [0.1, 0.15) is 0 Å². The van der Waals surface area contributed by atoms with Crippen LogP contribution in [0.25, 0.3) is 0 Å². The summed E-state index contributed by atoms with van der Waals surface area (Å²) < 4.78 is 12.0. The Labute approximate surface area is 181 Å². The molecule has 4 rings (SSSR count). The van der Waals surface area contributed by atoms with Crippen molar-refractivity contribution in [3.05, 3.63) is 59.7 Å². The topological polar surface area (TPSA) is 33.7 Å². The molecule has 1 aliphatic heterocycles. The van der Waals surface area contributed by atoms with E-state index in [-0.39, 0.29) is 0 Å². The highest BCUT2D eigenvalue weighted by Gasteiger charge is 2.27. The molecule has 0 spiro atoms. The van der Waals surface area contributed by atoms with Crippen LogP contribution in [-0.4, -0.2) is 43.8 Å². The quantitative estimate of drug-likeness (QED) is 0.668. The van der Waals surface area contributed by atoms with Gasteiger partial charge in [-0.05, 0) is 61.8 Å². The second-order valence-electron chi connectivity index (χ2n) is 8.69. The van der Waals surface area contributed by atoms with Gasteiger partial charge in [-0.25, -0.2) is 0 Å². The summed E-state index contributed by atoms with van der Waals surface area (Å²) in [5.41, 5.74) is 2.74. The zero-order valence-electron chi connectivity index (χ0n) is 18.5. The molecule has 0 aromatic heterocycles. The first-order valence-electron chi connectivity index (χ1n) is 11.6. The van der Waals surface area contributed by atoms with Gasteiger partial charge in [0, 0.05) is 31.7 Å². The molecule has 0 amide bonds. The summed E-state index contributed by atoms with van der Waals surface area (Å²) in [6.07, 6.45) is 7.36. The summed E-state index contributed by atoms with van der Waals surface area (Å²) in [6, 6.07) is 18.3. The lowest BCUT2D eigenvalue weighted by atomic mass is 9.98. The van der Waals surface area contributed by atoms with Crippen molar-refractivity contribution >= 4 is 0 Å². The number of ether oxygens (including phenoxy) is 2. The minimum absolute atomic E-state index is 0.337. The van der Waals surface area contributed by atoms with Crippen molar-refractivity contribution in [1.82, 2.24) is 10.2 Å². The molecule has 1 aliphatic carbocycles. The summed E-state index contributed by atoms with van der Waals surface area (Å²) in [6.45, 7) is 5.48. The molecule has 30 heavy (non-hydrogen) atoms. The van der Waals surface area contributed by atoms with E-state index in [0.717, 1.165) is 56.8 Å². The van der Waals surface area contributed by atoms with Gasteiger partial charge >= 0.3 is 0 Å². The molecule has 4 heteroatoms. The van der Waals surface area contributed by atoms with Gasteiger partial charge in [0.15, 0.2) is 11.5 Å². The van der Waals surface area contributed by atoms with Crippen LogP contribution in [0.15, 0.2) is 48.5 Å². The second kappa shape index (κ2) is 10.3. The molecular formula is C26H36N2O2. The third kappa shape index (κ3) is 5.16. The predicted molar refractivity (Wildman–Crippen MR) is 122 cm³/mol. The monoisotopic (exact) mass is 408 g/mol. The van der Waals surface area contributed by atoms with E-state index in [1.165, 1.54) is 24.0 Å². The zero-order chi connectivity index (χ0) is 20.8. The molecule has 2 aromatic rings. The van der Waals surface area contributed by atoms with Gasteiger partial charge < -0.3 is 14.8 Å². The van der Waals surface area contributed by atoms with E-state index in [2.05, 4.69) is 65.7 Å². The van der Waals surface area contributed by atoms with E-state index in [0.29, 0.717) is 18.2 Å². The number of nitrogens with zero attached hydrogens (tertiary/aromatic N) is 1. The minimum atomic E-state index is 0.337. The van der Waals surface area contributed by atoms with Gasteiger partial charge in [-0.2, -0.15) is 0 Å². The van der Waals surface area contributed by atoms with Crippen LogP contribution in [0.5, 0.6) is 11.5 Å². The van der Waals surface area contributed by atoms with Gasteiger partial charge in [-0.1, -0.05) is 43.3 Å². The van der Waals surface area contributed by atoms with Crippen LogP contribution in [0, 0.1) is 0 Å². The Morgan fingerprint density at radius 3 is 2.60 bits per heavy atom. The predicted octanol–water partition coefficient (Wildman–Crippen LogP) is 4.98. The SMILES string of the molecule is CCC(c1ccc(OC)c(OC2CCCC2)c1)N1CCN[C@@H](Cc2ccccc2)C1. The molecule has 2 aliphatic rings. The third-order valence-corrected chi connectivity index (χ3v) is 6.61. The molecule has 1 unspecified atom stereocenters. The minimum Gasteiger partial charge on any atom is -0.493 e. The number of benzene rings is 2. The van der Waals surface area contributed by atoms with Crippen LogP contribution >= 0.6 is 0 Å². The van der Waals surface area contributed by atoms with Crippen molar-refractivity contribution in [2.24, 2.45) is 0 Å². The fourth-order valence-corrected chi connectivity index (χ4v) is 5.05. The summed E-state index contributed by atoms with van der Waals surface area (Å²) in [5, 5.41) is 3.72. The highest BCUT2D eigenvalue weighted by atomic mass is 16.5. The largest absolute Gasteiger partial charge is 0.493 e. The van der Waals surface area contributed by atoms with Crippen LogP contribution < -0.4 is 14.8 Å². The number of hydrogen-bond acceptors (Lipinski definition) is 4. The Morgan fingerprint density at radius 1 is 1.07 bits per heavy atom. The van der Waals surface area contributed by atoms with Gasteiger partial charge in [0.25, 0.3) is 0 Å². The van der Waals surface area contributed by atoms with Crippen molar-refractivity contribution < 1.29 is 9.47 Å². The van der Waals surface area contributed by atoms with E-state index >= 15 is 0 Å². The summed E-state index contributed by atoms with van der Waals surface area (Å²) in [4.78, 5) is 2.64. The maximum absolute atomic E-state index is 6.36. The first kappa shape index (κ1) is 21.2. The Morgan fingerprint density at radius 2 is 1.87 bits per heavy atom. The van der Waals surface area contributed by atoms with E-state index in [9.17, 15) is 0 Å². The molecule has 4 nitrogen and oxygen atoms in total. The average molecular weight is 409 g/mol. The maximum atomic E-state index is 6.36. The Kier molecular flexibility index (Phi) is 7.29. The Hall–Kier alpha value is -2.04. The normalized spacial score (nSPS) is 21.5. The third-order valence-electron chi connectivity index (χ3n) is 6.61. The number of methoxy groups -OCH3 is 1. The summed E-state index contributed by atoms with van der Waals surface area (Å²) >= 11 is 0. The maximum Gasteiger partial charge on any atom is 0.161 e. The van der Waals surface area contributed by atoms with Gasteiger partial charge in [-0.15, -0.1) is 0 Å². The first-order valence-corrected chi connectivity index (χ1v) is 11.6. The lowest BCUT2D eigenvalue weighted by Gasteiger charge is -2.39. The van der Waals surface area contributed by atoms with Crippen LogP contribution in [-0.2, 0) is 6.42 Å². The average Bonchev–Trinajstić information content (AvgIpc) is 3.29. The number of rotatable bonds is 8. The van der Waals surface area contributed by atoms with E-state index in [1.807, 2.05) is 0 Å². The molecule has 1 saturated carbocycles. The Balaban J connectivity index is 1.48. The highest BCUT2D eigenvalue weighted by molar-refractivity contribution is 5.44. The highest BCUT2D eigenvalue weighted by Crippen LogP contribution is 2.36. The molecule has 1 N–H and O–H groups in total. The molecule has 0 bridgehead atoms. The number of hydrogen-bond donors (Lipinski definition) is 1. The molecule has 2 aromatic carbocycles. The molecular weight excluding hydrogens is 372 g/mol. The second-order valence-corrected chi connectivity index (χ2v) is 8.69. The smallest absolute Gasteiger partial charge is 0.161 e. The molecule has 162 valence electrons. The van der Waals surface area contributed by atoms with Gasteiger partial charge in [-0.3, -0.25) is 4.90 Å². The lowest BCUT2D eigenvalue weighted by molar-refractivity contribution is 0.138. The van der Waals surface area contributed by atoms with Crippen molar-refractivity contribution in [2.75, 3.05) is 26.7 Å². The zero-order valence-corrected chi connectivity index (χ0v) is 18.5. The van der Waals surface area contributed by atoms with Crippen molar-refractivity contribution in [1.29, 1.82) is 0 Å². The molecule has 2 atom stereocenters. The summed E-state index contributed by atoms with van der Waals surface area (Å²) in [5.74, 6) is 1.76. The molecule has 0 radical (unpaired) electrons. The fraction of sp³-hybridized carbons (Fsp3) is 0.538. The van der Waals surface area contributed by atoms with E-state index < -0.39 is 0 Å².